The number of hydrogen-bond donors (Lipinski definition) is 2. The summed E-state index contributed by atoms with van der Waals surface area (Å²) in [7, 11) is 3.39. The van der Waals surface area contributed by atoms with Crippen molar-refractivity contribution >= 4 is 58.7 Å². The van der Waals surface area contributed by atoms with Gasteiger partial charge in [0, 0.05) is 42.7 Å². The van der Waals surface area contributed by atoms with Crippen molar-refractivity contribution in [2.24, 2.45) is 4.99 Å². The van der Waals surface area contributed by atoms with Gasteiger partial charge in [-0.05, 0) is 25.5 Å². The topological polar surface area (TPSA) is 67.8 Å². The first kappa shape index (κ1) is 22.8. The molecule has 0 saturated heterocycles. The second-order valence-electron chi connectivity index (χ2n) is 4.92. The van der Waals surface area contributed by atoms with Gasteiger partial charge in [-0.15, -0.1) is 35.3 Å². The molecule has 0 aliphatic carbocycles. The van der Waals surface area contributed by atoms with Gasteiger partial charge in [0.15, 0.2) is 17.5 Å². The molecule has 0 aliphatic heterocycles. The zero-order valence-electron chi connectivity index (χ0n) is 15.2. The smallest absolute Gasteiger partial charge is 0.195 e. The van der Waals surface area contributed by atoms with Crippen molar-refractivity contribution in [3.05, 3.63) is 29.8 Å². The lowest BCUT2D eigenvalue weighted by atomic mass is 10.2. The number of benzene rings is 1. The molecule has 9 heteroatoms. The van der Waals surface area contributed by atoms with Crippen LogP contribution in [0.1, 0.15) is 13.3 Å². The van der Waals surface area contributed by atoms with E-state index < -0.39 is 0 Å². The molecule has 6 nitrogen and oxygen atoms in total. The van der Waals surface area contributed by atoms with Crippen molar-refractivity contribution in [3.63, 3.8) is 0 Å². The molecule has 0 aliphatic rings. The van der Waals surface area contributed by atoms with Crippen molar-refractivity contribution in [2.75, 3.05) is 38.4 Å². The van der Waals surface area contributed by atoms with Crippen molar-refractivity contribution in [2.45, 2.75) is 17.7 Å². The Morgan fingerprint density at radius 1 is 1.35 bits per heavy atom. The number of ether oxygens (including phenoxy) is 2. The second-order valence-corrected chi connectivity index (χ2v) is 7.16. The molecule has 144 valence electrons. The summed E-state index contributed by atoms with van der Waals surface area (Å²) in [5, 5.41) is 8.58. The molecule has 0 bridgehead atoms. The third-order valence-corrected chi connectivity index (χ3v) is 5.25. The molecule has 0 unspecified atom stereocenters. The number of aromatic nitrogens is 1. The van der Waals surface area contributed by atoms with Crippen LogP contribution in [0.2, 0.25) is 0 Å². The van der Waals surface area contributed by atoms with Gasteiger partial charge in [0.05, 0.1) is 13.7 Å². The average Bonchev–Trinajstić information content (AvgIpc) is 3.14. The molecular formula is C17H25IN4O2S2. The molecular weight excluding hydrogens is 483 g/mol. The van der Waals surface area contributed by atoms with Gasteiger partial charge in [-0.2, -0.15) is 0 Å². The highest BCUT2D eigenvalue weighted by Gasteiger charge is 2.07. The number of aliphatic imine (C=N–C) groups is 1. The SMILES string of the molecule is CCOc1cc(NC(=NC)NCCCSc2nccs2)ccc1OC.I. The van der Waals surface area contributed by atoms with Crippen LogP contribution in [-0.4, -0.2) is 44.0 Å². The number of methoxy groups -OCH3 is 1. The van der Waals surface area contributed by atoms with Crippen LogP contribution < -0.4 is 20.1 Å². The van der Waals surface area contributed by atoms with Crippen molar-refractivity contribution in [1.29, 1.82) is 0 Å². The molecule has 2 N–H and O–H groups in total. The highest BCUT2D eigenvalue weighted by Crippen LogP contribution is 2.30. The Kier molecular flexibility index (Phi) is 11.5. The highest BCUT2D eigenvalue weighted by molar-refractivity contribution is 14.0. The third-order valence-electron chi connectivity index (χ3n) is 3.20. The molecule has 0 saturated carbocycles. The number of anilines is 1. The number of guanidine groups is 1. The molecule has 0 spiro atoms. The standard InChI is InChI=1S/C17H24N4O2S2.HI/c1-4-23-15-12-13(6-7-14(15)22-3)21-16(18-2)19-8-5-10-24-17-20-9-11-25-17;/h6-7,9,11-12H,4-5,8,10H2,1-3H3,(H2,18,19,21);1H. The van der Waals surface area contributed by atoms with Gasteiger partial charge in [-0.1, -0.05) is 11.8 Å². The van der Waals surface area contributed by atoms with Gasteiger partial charge >= 0.3 is 0 Å². The minimum absolute atomic E-state index is 0. The zero-order valence-corrected chi connectivity index (χ0v) is 19.1. The summed E-state index contributed by atoms with van der Waals surface area (Å²) in [6.45, 7) is 3.37. The van der Waals surface area contributed by atoms with Crippen molar-refractivity contribution < 1.29 is 9.47 Å². The van der Waals surface area contributed by atoms with Crippen LogP contribution in [0.4, 0.5) is 5.69 Å². The lowest BCUT2D eigenvalue weighted by molar-refractivity contribution is 0.311. The van der Waals surface area contributed by atoms with Gasteiger partial charge in [0.1, 0.15) is 4.34 Å². The summed E-state index contributed by atoms with van der Waals surface area (Å²) in [5.41, 5.74) is 0.898. The Morgan fingerprint density at radius 2 is 2.19 bits per heavy atom. The van der Waals surface area contributed by atoms with E-state index in [4.69, 9.17) is 9.47 Å². The lowest BCUT2D eigenvalue weighted by Crippen LogP contribution is -2.31. The molecule has 2 rings (SSSR count). The minimum Gasteiger partial charge on any atom is -0.493 e. The van der Waals surface area contributed by atoms with Gasteiger partial charge in [0.2, 0.25) is 0 Å². The van der Waals surface area contributed by atoms with E-state index in [2.05, 4.69) is 20.6 Å². The molecule has 1 heterocycles. The minimum atomic E-state index is 0. The van der Waals surface area contributed by atoms with E-state index >= 15 is 0 Å². The monoisotopic (exact) mass is 508 g/mol. The Balaban J connectivity index is 0.00000338. The van der Waals surface area contributed by atoms with E-state index in [9.17, 15) is 0 Å². The average molecular weight is 508 g/mol. The summed E-state index contributed by atoms with van der Waals surface area (Å²) in [4.78, 5) is 8.52. The Hall–Kier alpha value is -1.20. The van der Waals surface area contributed by atoms with E-state index in [0.29, 0.717) is 12.4 Å². The second kappa shape index (κ2) is 13.0. The highest BCUT2D eigenvalue weighted by atomic mass is 127. The van der Waals surface area contributed by atoms with Gasteiger partial charge in [-0.3, -0.25) is 4.99 Å². The van der Waals surface area contributed by atoms with Crippen LogP contribution in [0.25, 0.3) is 0 Å². The summed E-state index contributed by atoms with van der Waals surface area (Å²) in [6, 6.07) is 5.73. The Labute approximate surface area is 180 Å². The zero-order chi connectivity index (χ0) is 17.9. The van der Waals surface area contributed by atoms with Gasteiger partial charge in [0.25, 0.3) is 0 Å². The molecule has 0 fully saturated rings. The predicted molar refractivity (Wildman–Crippen MR) is 122 cm³/mol. The lowest BCUT2D eigenvalue weighted by Gasteiger charge is -2.14. The van der Waals surface area contributed by atoms with Crippen LogP contribution >= 0.6 is 47.1 Å². The van der Waals surface area contributed by atoms with Crippen LogP contribution in [0.3, 0.4) is 0 Å². The maximum Gasteiger partial charge on any atom is 0.195 e. The molecule has 2 aromatic rings. The van der Waals surface area contributed by atoms with Crippen LogP contribution in [0.15, 0.2) is 39.1 Å². The Morgan fingerprint density at radius 3 is 2.85 bits per heavy atom. The predicted octanol–water partition coefficient (Wildman–Crippen LogP) is 4.34. The summed E-state index contributed by atoms with van der Waals surface area (Å²) in [6.07, 6.45) is 2.86. The van der Waals surface area contributed by atoms with Crippen LogP contribution in [0.5, 0.6) is 11.5 Å². The molecule has 1 aromatic heterocycles. The quantitative estimate of drug-likeness (QED) is 0.173. The number of thiazole rings is 1. The van der Waals surface area contributed by atoms with Crippen LogP contribution in [-0.2, 0) is 0 Å². The molecule has 0 atom stereocenters. The summed E-state index contributed by atoms with van der Waals surface area (Å²) < 4.78 is 12.0. The van der Waals surface area contributed by atoms with E-state index in [1.807, 2.05) is 36.7 Å². The third kappa shape index (κ3) is 7.58. The maximum atomic E-state index is 5.60. The van der Waals surface area contributed by atoms with Crippen molar-refractivity contribution in [1.82, 2.24) is 10.3 Å². The fourth-order valence-corrected chi connectivity index (χ4v) is 3.71. The summed E-state index contributed by atoms with van der Waals surface area (Å²) >= 11 is 3.45. The first-order valence-electron chi connectivity index (χ1n) is 8.07. The number of rotatable bonds is 9. The van der Waals surface area contributed by atoms with Crippen molar-refractivity contribution in [3.8, 4) is 11.5 Å². The number of nitrogens with zero attached hydrogens (tertiary/aromatic N) is 2. The molecule has 0 amide bonds. The van der Waals surface area contributed by atoms with E-state index in [1.165, 1.54) is 0 Å². The normalized spacial score (nSPS) is 10.8. The van der Waals surface area contributed by atoms with E-state index in [-0.39, 0.29) is 24.0 Å². The number of hydrogen-bond acceptors (Lipinski definition) is 6. The van der Waals surface area contributed by atoms with Gasteiger partial charge in [-0.25, -0.2) is 4.98 Å². The number of nitrogens with one attached hydrogen (secondary N) is 2. The first-order chi connectivity index (χ1) is 12.3. The molecule has 1 aromatic carbocycles. The Bertz CT molecular complexity index is 669. The number of halogens is 1. The van der Waals surface area contributed by atoms with Crippen LogP contribution in [0, 0.1) is 0 Å². The first-order valence-corrected chi connectivity index (χ1v) is 9.94. The largest absolute Gasteiger partial charge is 0.493 e. The van der Waals surface area contributed by atoms with E-state index in [0.717, 1.165) is 40.5 Å². The molecule has 26 heavy (non-hydrogen) atoms. The number of thioether (sulfide) groups is 1. The molecule has 0 radical (unpaired) electrons. The fourth-order valence-electron chi connectivity index (χ4n) is 2.06. The van der Waals surface area contributed by atoms with E-state index in [1.54, 1.807) is 37.3 Å². The van der Waals surface area contributed by atoms with Gasteiger partial charge < -0.3 is 20.1 Å². The summed E-state index contributed by atoms with van der Waals surface area (Å²) in [5.74, 6) is 3.18. The maximum absolute atomic E-state index is 5.60. The fraction of sp³-hybridized carbons (Fsp3) is 0.412.